The van der Waals surface area contributed by atoms with Crippen LogP contribution in [0.5, 0.6) is 0 Å². The van der Waals surface area contributed by atoms with E-state index in [9.17, 15) is 13.6 Å². The van der Waals surface area contributed by atoms with E-state index < -0.39 is 17.5 Å². The van der Waals surface area contributed by atoms with Gasteiger partial charge in [0.05, 0.1) is 24.8 Å². The predicted octanol–water partition coefficient (Wildman–Crippen LogP) is 2.52. The van der Waals surface area contributed by atoms with E-state index in [4.69, 9.17) is 4.74 Å². The molecule has 0 bridgehead atoms. The molecule has 116 valence electrons. The first-order valence-electron chi connectivity index (χ1n) is 7.03. The molecule has 1 aromatic heterocycles. The van der Waals surface area contributed by atoms with Crippen LogP contribution >= 0.6 is 0 Å². The van der Waals surface area contributed by atoms with E-state index in [0.29, 0.717) is 19.8 Å². The standard InChI is InChI=1S/C16H16F2N2O2/c1-19-7-3-6-13(19)14-10-22-9-8-20(14)16(21)11-4-2-5-12(17)15(11)18/h2-7,14H,8-10H2,1H3/t14-/m0/s1. The Kier molecular flexibility index (Phi) is 3.94. The Balaban J connectivity index is 1.95. The summed E-state index contributed by atoms with van der Waals surface area (Å²) >= 11 is 0. The summed E-state index contributed by atoms with van der Waals surface area (Å²) < 4.78 is 34.6. The molecule has 4 nitrogen and oxygen atoms in total. The van der Waals surface area contributed by atoms with Crippen molar-refractivity contribution in [3.63, 3.8) is 0 Å². The number of hydrogen-bond donors (Lipinski definition) is 0. The van der Waals surface area contributed by atoms with Crippen LogP contribution in [0.4, 0.5) is 8.78 Å². The van der Waals surface area contributed by atoms with Gasteiger partial charge in [-0.1, -0.05) is 6.07 Å². The second-order valence-electron chi connectivity index (χ2n) is 5.23. The summed E-state index contributed by atoms with van der Waals surface area (Å²) in [6, 6.07) is 7.09. The number of ether oxygens (including phenoxy) is 1. The third kappa shape index (κ3) is 2.50. The second kappa shape index (κ2) is 5.88. The van der Waals surface area contributed by atoms with Crippen LogP contribution < -0.4 is 0 Å². The van der Waals surface area contributed by atoms with E-state index in [0.717, 1.165) is 11.8 Å². The fraction of sp³-hybridized carbons (Fsp3) is 0.312. The van der Waals surface area contributed by atoms with Crippen molar-refractivity contribution in [2.24, 2.45) is 7.05 Å². The highest BCUT2D eigenvalue weighted by atomic mass is 19.2. The highest BCUT2D eigenvalue weighted by molar-refractivity contribution is 5.94. The van der Waals surface area contributed by atoms with Crippen molar-refractivity contribution in [3.8, 4) is 0 Å². The third-order valence-electron chi connectivity index (χ3n) is 3.90. The van der Waals surface area contributed by atoms with Gasteiger partial charge in [-0.25, -0.2) is 8.78 Å². The van der Waals surface area contributed by atoms with Crippen molar-refractivity contribution in [1.82, 2.24) is 9.47 Å². The molecule has 1 amide bonds. The maximum Gasteiger partial charge on any atom is 0.257 e. The molecule has 2 heterocycles. The van der Waals surface area contributed by atoms with E-state index in [1.165, 1.54) is 17.0 Å². The van der Waals surface area contributed by atoms with Crippen LogP contribution in [0.15, 0.2) is 36.5 Å². The van der Waals surface area contributed by atoms with Gasteiger partial charge in [0.1, 0.15) is 0 Å². The Morgan fingerprint density at radius 1 is 1.27 bits per heavy atom. The van der Waals surface area contributed by atoms with Gasteiger partial charge in [0, 0.05) is 25.5 Å². The van der Waals surface area contributed by atoms with Crippen LogP contribution in [0.25, 0.3) is 0 Å². The number of halogens is 2. The number of hydrogen-bond acceptors (Lipinski definition) is 2. The Bertz CT molecular complexity index is 699. The molecule has 0 N–H and O–H groups in total. The van der Waals surface area contributed by atoms with Gasteiger partial charge < -0.3 is 14.2 Å². The lowest BCUT2D eigenvalue weighted by molar-refractivity contribution is -0.00490. The van der Waals surface area contributed by atoms with Crippen molar-refractivity contribution in [3.05, 3.63) is 59.4 Å². The van der Waals surface area contributed by atoms with Crippen LogP contribution in [0, 0.1) is 11.6 Å². The summed E-state index contributed by atoms with van der Waals surface area (Å²) in [5.41, 5.74) is 0.644. The zero-order valence-corrected chi connectivity index (χ0v) is 12.1. The first kappa shape index (κ1) is 14.7. The maximum atomic E-state index is 13.9. The van der Waals surface area contributed by atoms with Crippen molar-refractivity contribution in [1.29, 1.82) is 0 Å². The molecule has 1 saturated heterocycles. The number of carbonyl (C=O) groups is 1. The number of morpholine rings is 1. The molecule has 1 aromatic carbocycles. The number of aromatic nitrogens is 1. The summed E-state index contributed by atoms with van der Waals surface area (Å²) in [6.45, 7) is 1.05. The first-order valence-corrected chi connectivity index (χ1v) is 7.03. The lowest BCUT2D eigenvalue weighted by atomic mass is 10.1. The van der Waals surface area contributed by atoms with Crippen molar-refractivity contribution < 1.29 is 18.3 Å². The Morgan fingerprint density at radius 2 is 2.09 bits per heavy atom. The van der Waals surface area contributed by atoms with Crippen LogP contribution in [0.2, 0.25) is 0 Å². The van der Waals surface area contributed by atoms with Crippen LogP contribution in [-0.2, 0) is 11.8 Å². The highest BCUT2D eigenvalue weighted by Gasteiger charge is 2.32. The van der Waals surface area contributed by atoms with Gasteiger partial charge in [0.25, 0.3) is 5.91 Å². The molecule has 1 fully saturated rings. The molecule has 3 rings (SSSR count). The zero-order valence-electron chi connectivity index (χ0n) is 12.1. The molecule has 2 aromatic rings. The van der Waals surface area contributed by atoms with Crippen LogP contribution in [-0.4, -0.2) is 35.1 Å². The average molecular weight is 306 g/mol. The minimum absolute atomic E-state index is 0.249. The topological polar surface area (TPSA) is 34.5 Å². The van der Waals surface area contributed by atoms with Crippen molar-refractivity contribution >= 4 is 5.91 Å². The van der Waals surface area contributed by atoms with Gasteiger partial charge in [-0.15, -0.1) is 0 Å². The molecule has 0 saturated carbocycles. The number of carbonyl (C=O) groups excluding carboxylic acids is 1. The molecule has 22 heavy (non-hydrogen) atoms. The van der Waals surface area contributed by atoms with Gasteiger partial charge in [-0.3, -0.25) is 4.79 Å². The molecule has 1 aliphatic rings. The highest BCUT2D eigenvalue weighted by Crippen LogP contribution is 2.27. The predicted molar refractivity (Wildman–Crippen MR) is 76.4 cm³/mol. The minimum atomic E-state index is -1.11. The van der Waals surface area contributed by atoms with Crippen molar-refractivity contribution in [2.45, 2.75) is 6.04 Å². The van der Waals surface area contributed by atoms with Gasteiger partial charge >= 0.3 is 0 Å². The number of amides is 1. The number of nitrogens with zero attached hydrogens (tertiary/aromatic N) is 2. The van der Waals surface area contributed by atoms with E-state index in [2.05, 4.69) is 0 Å². The molecule has 6 heteroatoms. The quantitative estimate of drug-likeness (QED) is 0.854. The van der Waals surface area contributed by atoms with E-state index >= 15 is 0 Å². The summed E-state index contributed by atoms with van der Waals surface area (Å²) in [6.07, 6.45) is 1.87. The number of aryl methyl sites for hydroxylation is 1. The largest absolute Gasteiger partial charge is 0.377 e. The molecule has 0 unspecified atom stereocenters. The second-order valence-corrected chi connectivity index (χ2v) is 5.23. The molecule has 0 spiro atoms. The van der Waals surface area contributed by atoms with Crippen LogP contribution in [0.3, 0.4) is 0 Å². The Hall–Kier alpha value is -2.21. The summed E-state index contributed by atoms with van der Waals surface area (Å²) in [5.74, 6) is -2.65. The summed E-state index contributed by atoms with van der Waals surface area (Å²) in [7, 11) is 1.87. The molecule has 1 aliphatic heterocycles. The van der Waals surface area contributed by atoms with Gasteiger partial charge in [-0.05, 0) is 24.3 Å². The molecule has 0 aliphatic carbocycles. The number of rotatable bonds is 2. The molecular weight excluding hydrogens is 290 g/mol. The number of benzene rings is 1. The molecular formula is C16H16F2N2O2. The van der Waals surface area contributed by atoms with Gasteiger partial charge in [0.15, 0.2) is 11.6 Å². The summed E-state index contributed by atoms with van der Waals surface area (Å²) in [5, 5.41) is 0. The van der Waals surface area contributed by atoms with Gasteiger partial charge in [-0.2, -0.15) is 0 Å². The zero-order chi connectivity index (χ0) is 15.7. The van der Waals surface area contributed by atoms with E-state index in [1.54, 1.807) is 0 Å². The Morgan fingerprint density at radius 3 is 2.82 bits per heavy atom. The lowest BCUT2D eigenvalue weighted by Gasteiger charge is -2.36. The molecule has 0 radical (unpaired) electrons. The monoisotopic (exact) mass is 306 g/mol. The van der Waals surface area contributed by atoms with Crippen LogP contribution in [0.1, 0.15) is 22.1 Å². The lowest BCUT2D eigenvalue weighted by Crippen LogP contribution is -2.44. The third-order valence-corrected chi connectivity index (χ3v) is 3.90. The first-order chi connectivity index (χ1) is 10.6. The SMILES string of the molecule is Cn1cccc1[C@@H]1COCCN1C(=O)c1cccc(F)c1F. The maximum absolute atomic E-state index is 13.9. The van der Waals surface area contributed by atoms with Crippen molar-refractivity contribution in [2.75, 3.05) is 19.8 Å². The average Bonchev–Trinajstić information content (AvgIpc) is 2.95. The van der Waals surface area contributed by atoms with Gasteiger partial charge in [0.2, 0.25) is 0 Å². The minimum Gasteiger partial charge on any atom is -0.377 e. The smallest absolute Gasteiger partial charge is 0.257 e. The fourth-order valence-corrected chi connectivity index (χ4v) is 2.74. The normalized spacial score (nSPS) is 18.5. The van der Waals surface area contributed by atoms with E-state index in [-0.39, 0.29) is 11.6 Å². The molecule has 1 atom stereocenters. The Labute approximate surface area is 126 Å². The van der Waals surface area contributed by atoms with E-state index in [1.807, 2.05) is 29.9 Å². The summed E-state index contributed by atoms with van der Waals surface area (Å²) in [4.78, 5) is 14.2. The fourth-order valence-electron chi connectivity index (χ4n) is 2.74.